The summed E-state index contributed by atoms with van der Waals surface area (Å²) in [6.45, 7) is 0. The molecule has 0 saturated heterocycles. The molecule has 0 saturated carbocycles. The molecule has 0 aliphatic rings. The minimum Gasteiger partial charge on any atom is -0.308 e. The van der Waals surface area contributed by atoms with Crippen molar-refractivity contribution in [3.8, 4) is 0 Å². The van der Waals surface area contributed by atoms with Crippen LogP contribution in [0, 0.1) is 11.6 Å². The van der Waals surface area contributed by atoms with Gasteiger partial charge in [0.15, 0.2) is 0 Å². The van der Waals surface area contributed by atoms with Gasteiger partial charge in [-0.2, -0.15) is 5.10 Å². The smallest absolute Gasteiger partial charge is 0.128 e. The van der Waals surface area contributed by atoms with Crippen LogP contribution in [0.5, 0.6) is 0 Å². The van der Waals surface area contributed by atoms with Gasteiger partial charge < -0.3 is 5.32 Å². The lowest BCUT2D eigenvalue weighted by Gasteiger charge is -2.15. The fourth-order valence-corrected chi connectivity index (χ4v) is 1.64. The van der Waals surface area contributed by atoms with Crippen molar-refractivity contribution < 1.29 is 8.78 Å². The zero-order valence-electron chi connectivity index (χ0n) is 8.67. The van der Waals surface area contributed by atoms with Crippen LogP contribution in [0.4, 0.5) is 8.78 Å². The van der Waals surface area contributed by atoms with Gasteiger partial charge in [0.25, 0.3) is 0 Å². The van der Waals surface area contributed by atoms with Crippen LogP contribution < -0.4 is 5.32 Å². The van der Waals surface area contributed by atoms with E-state index in [0.717, 1.165) is 12.1 Å². The number of hydrogen-bond acceptors (Lipinski definition) is 2. The normalized spacial score (nSPS) is 12.7. The van der Waals surface area contributed by atoms with E-state index in [1.165, 1.54) is 6.07 Å². The van der Waals surface area contributed by atoms with Crippen molar-refractivity contribution in [3.05, 3.63) is 53.4 Å². The fourth-order valence-electron chi connectivity index (χ4n) is 1.64. The first-order valence-electron chi connectivity index (χ1n) is 4.84. The van der Waals surface area contributed by atoms with Crippen molar-refractivity contribution in [2.24, 2.45) is 0 Å². The lowest BCUT2D eigenvalue weighted by atomic mass is 10.0. The van der Waals surface area contributed by atoms with E-state index in [2.05, 4.69) is 15.5 Å². The van der Waals surface area contributed by atoms with Crippen LogP contribution >= 0.6 is 0 Å². The molecule has 1 aromatic carbocycles. The Morgan fingerprint density at radius 3 is 2.75 bits per heavy atom. The van der Waals surface area contributed by atoms with E-state index in [4.69, 9.17) is 0 Å². The van der Waals surface area contributed by atoms with Crippen LogP contribution in [0.25, 0.3) is 0 Å². The molecule has 5 heteroatoms. The van der Waals surface area contributed by atoms with Gasteiger partial charge in [0.05, 0.1) is 11.7 Å². The highest BCUT2D eigenvalue weighted by atomic mass is 19.1. The molecule has 0 fully saturated rings. The molecule has 0 aliphatic heterocycles. The summed E-state index contributed by atoms with van der Waals surface area (Å²) < 4.78 is 26.6. The molecule has 1 aromatic heterocycles. The van der Waals surface area contributed by atoms with Gasteiger partial charge in [-0.3, -0.25) is 5.10 Å². The lowest BCUT2D eigenvalue weighted by molar-refractivity contribution is 0.553. The molecule has 1 unspecified atom stereocenters. The second kappa shape index (κ2) is 4.40. The highest BCUT2D eigenvalue weighted by Gasteiger charge is 2.17. The van der Waals surface area contributed by atoms with Crippen molar-refractivity contribution in [1.82, 2.24) is 15.5 Å². The van der Waals surface area contributed by atoms with Gasteiger partial charge in [-0.15, -0.1) is 0 Å². The second-order valence-corrected chi connectivity index (χ2v) is 3.40. The van der Waals surface area contributed by atoms with Crippen molar-refractivity contribution in [2.45, 2.75) is 6.04 Å². The number of nitrogens with one attached hydrogen (secondary N) is 2. The Morgan fingerprint density at radius 2 is 2.12 bits per heavy atom. The molecule has 2 aromatic rings. The third-order valence-corrected chi connectivity index (χ3v) is 2.39. The zero-order chi connectivity index (χ0) is 11.5. The Balaban J connectivity index is 2.44. The first-order chi connectivity index (χ1) is 7.72. The summed E-state index contributed by atoms with van der Waals surface area (Å²) >= 11 is 0. The summed E-state index contributed by atoms with van der Waals surface area (Å²) in [6, 6.07) is 4.67. The van der Waals surface area contributed by atoms with Crippen molar-refractivity contribution >= 4 is 0 Å². The molecule has 2 N–H and O–H groups in total. The maximum atomic E-state index is 13.6. The summed E-state index contributed by atoms with van der Waals surface area (Å²) in [7, 11) is 1.68. The van der Waals surface area contributed by atoms with Gasteiger partial charge in [-0.1, -0.05) is 0 Å². The number of halogens is 2. The van der Waals surface area contributed by atoms with Crippen molar-refractivity contribution in [2.75, 3.05) is 7.05 Å². The first kappa shape index (κ1) is 10.8. The molecule has 1 atom stereocenters. The maximum Gasteiger partial charge on any atom is 0.128 e. The molecule has 0 amide bonds. The maximum absolute atomic E-state index is 13.6. The SMILES string of the molecule is CNC(c1ccn[nH]1)c1cc(F)ccc1F. The van der Waals surface area contributed by atoms with Crippen LogP contribution in [0.2, 0.25) is 0 Å². The Labute approximate surface area is 91.5 Å². The van der Waals surface area contributed by atoms with Crippen molar-refractivity contribution in [3.63, 3.8) is 0 Å². The Hall–Kier alpha value is -1.75. The molecule has 0 spiro atoms. The van der Waals surface area contributed by atoms with E-state index >= 15 is 0 Å². The lowest BCUT2D eigenvalue weighted by Crippen LogP contribution is -2.19. The molecule has 0 radical (unpaired) electrons. The van der Waals surface area contributed by atoms with Crippen LogP contribution in [-0.4, -0.2) is 17.2 Å². The van der Waals surface area contributed by atoms with E-state index < -0.39 is 17.7 Å². The monoisotopic (exact) mass is 223 g/mol. The quantitative estimate of drug-likeness (QED) is 0.835. The van der Waals surface area contributed by atoms with Gasteiger partial charge in [0.1, 0.15) is 11.6 Å². The minimum absolute atomic E-state index is 0.256. The third-order valence-electron chi connectivity index (χ3n) is 2.39. The first-order valence-corrected chi connectivity index (χ1v) is 4.84. The van der Waals surface area contributed by atoms with Crippen molar-refractivity contribution in [1.29, 1.82) is 0 Å². The Morgan fingerprint density at radius 1 is 1.31 bits per heavy atom. The average molecular weight is 223 g/mol. The Bertz CT molecular complexity index is 468. The third kappa shape index (κ3) is 1.94. The van der Waals surface area contributed by atoms with E-state index in [-0.39, 0.29) is 5.56 Å². The number of H-pyrrole nitrogens is 1. The van der Waals surface area contributed by atoms with Gasteiger partial charge in [-0.05, 0) is 31.3 Å². The zero-order valence-corrected chi connectivity index (χ0v) is 8.67. The highest BCUT2D eigenvalue weighted by molar-refractivity contribution is 5.28. The molecular weight excluding hydrogens is 212 g/mol. The number of rotatable bonds is 3. The van der Waals surface area contributed by atoms with Crippen LogP contribution in [0.3, 0.4) is 0 Å². The van der Waals surface area contributed by atoms with E-state index in [1.807, 2.05) is 0 Å². The van der Waals surface area contributed by atoms with Crippen LogP contribution in [0.15, 0.2) is 30.5 Å². The topological polar surface area (TPSA) is 40.7 Å². The van der Waals surface area contributed by atoms with E-state index in [9.17, 15) is 8.78 Å². The minimum atomic E-state index is -0.462. The largest absolute Gasteiger partial charge is 0.308 e. The molecule has 0 aliphatic carbocycles. The molecule has 2 rings (SSSR count). The highest BCUT2D eigenvalue weighted by Crippen LogP contribution is 2.23. The van der Waals surface area contributed by atoms with Gasteiger partial charge >= 0.3 is 0 Å². The molecule has 1 heterocycles. The summed E-state index contributed by atoms with van der Waals surface area (Å²) in [5.41, 5.74) is 0.943. The standard InChI is InChI=1S/C11H11F2N3/c1-14-11(10-4-5-15-16-10)8-6-7(12)2-3-9(8)13/h2-6,11,14H,1H3,(H,15,16). The predicted octanol–water partition coefficient (Wildman–Crippen LogP) is 2.00. The fraction of sp³-hybridized carbons (Fsp3) is 0.182. The number of aromatic amines is 1. The number of benzene rings is 1. The number of hydrogen-bond donors (Lipinski definition) is 2. The van der Waals surface area contributed by atoms with Crippen LogP contribution in [-0.2, 0) is 0 Å². The molecule has 0 bridgehead atoms. The molecule has 3 nitrogen and oxygen atoms in total. The molecular formula is C11H11F2N3. The van der Waals surface area contributed by atoms with Gasteiger partial charge in [0.2, 0.25) is 0 Å². The number of nitrogens with zero attached hydrogens (tertiary/aromatic N) is 1. The second-order valence-electron chi connectivity index (χ2n) is 3.40. The Kier molecular flexibility index (Phi) is 2.96. The molecule has 16 heavy (non-hydrogen) atoms. The summed E-state index contributed by atoms with van der Waals surface area (Å²) in [5, 5.41) is 9.43. The summed E-state index contributed by atoms with van der Waals surface area (Å²) in [5.74, 6) is -0.911. The van der Waals surface area contributed by atoms with Crippen LogP contribution in [0.1, 0.15) is 17.3 Å². The average Bonchev–Trinajstić information content (AvgIpc) is 2.78. The summed E-state index contributed by atoms with van der Waals surface area (Å²) in [6.07, 6.45) is 1.57. The van der Waals surface area contributed by atoms with E-state index in [1.54, 1.807) is 19.3 Å². The van der Waals surface area contributed by atoms with Gasteiger partial charge in [0, 0.05) is 11.8 Å². The van der Waals surface area contributed by atoms with E-state index in [0.29, 0.717) is 5.69 Å². The predicted molar refractivity (Wildman–Crippen MR) is 55.8 cm³/mol. The van der Waals surface area contributed by atoms with Gasteiger partial charge in [-0.25, -0.2) is 8.78 Å². The number of aromatic nitrogens is 2. The molecule has 84 valence electrons. The summed E-state index contributed by atoms with van der Waals surface area (Å²) in [4.78, 5) is 0.